The Morgan fingerprint density at radius 2 is 1.75 bits per heavy atom. The number of para-hydroxylation sites is 1. The molecule has 0 bridgehead atoms. The smallest absolute Gasteiger partial charge is 0.257 e. The third-order valence-electron chi connectivity index (χ3n) is 4.78. The standard InChI is InChI=1S/C24H21N3O3S2/c1-29-19-12-9-16(14-20(19)30-2)23(28)27-24(31)25-17-10-7-15(8-11-17)13-22-26-18-5-3-4-6-21(18)32-22/h3-12,14H,13H2,1-2H3,(H2,25,27,28,31). The summed E-state index contributed by atoms with van der Waals surface area (Å²) >= 11 is 6.99. The van der Waals surface area contributed by atoms with Crippen molar-refractivity contribution >= 4 is 50.5 Å². The molecular weight excluding hydrogens is 442 g/mol. The average molecular weight is 464 g/mol. The van der Waals surface area contributed by atoms with Gasteiger partial charge < -0.3 is 14.8 Å². The lowest BCUT2D eigenvalue weighted by molar-refractivity contribution is 0.0977. The van der Waals surface area contributed by atoms with E-state index in [0.717, 1.165) is 28.2 Å². The zero-order valence-corrected chi connectivity index (χ0v) is 19.2. The molecule has 3 aromatic carbocycles. The second-order valence-corrected chi connectivity index (χ2v) is 8.45. The molecule has 0 atom stereocenters. The van der Waals surface area contributed by atoms with Gasteiger partial charge >= 0.3 is 0 Å². The number of hydrogen-bond acceptors (Lipinski definition) is 6. The Morgan fingerprint density at radius 3 is 2.47 bits per heavy atom. The Kier molecular flexibility index (Phi) is 6.63. The largest absolute Gasteiger partial charge is 0.493 e. The van der Waals surface area contributed by atoms with Crippen molar-refractivity contribution in [1.82, 2.24) is 10.3 Å². The first-order valence-corrected chi connectivity index (χ1v) is 11.1. The zero-order chi connectivity index (χ0) is 22.5. The van der Waals surface area contributed by atoms with Crippen LogP contribution in [0.4, 0.5) is 5.69 Å². The number of amides is 1. The van der Waals surface area contributed by atoms with E-state index in [-0.39, 0.29) is 11.0 Å². The lowest BCUT2D eigenvalue weighted by Gasteiger charge is -2.12. The first kappa shape index (κ1) is 21.7. The summed E-state index contributed by atoms with van der Waals surface area (Å²) < 4.78 is 11.6. The molecular formula is C24H21N3O3S2. The second kappa shape index (κ2) is 9.76. The maximum absolute atomic E-state index is 12.5. The van der Waals surface area contributed by atoms with Gasteiger partial charge in [-0.3, -0.25) is 10.1 Å². The van der Waals surface area contributed by atoms with Crippen LogP contribution >= 0.6 is 23.6 Å². The average Bonchev–Trinajstić information content (AvgIpc) is 3.22. The van der Waals surface area contributed by atoms with Crippen LogP contribution < -0.4 is 20.1 Å². The van der Waals surface area contributed by atoms with E-state index in [1.807, 2.05) is 42.5 Å². The first-order valence-electron chi connectivity index (χ1n) is 9.83. The van der Waals surface area contributed by atoms with Crippen molar-refractivity contribution < 1.29 is 14.3 Å². The van der Waals surface area contributed by atoms with E-state index in [2.05, 4.69) is 21.7 Å². The van der Waals surface area contributed by atoms with E-state index in [4.69, 9.17) is 21.7 Å². The van der Waals surface area contributed by atoms with E-state index >= 15 is 0 Å². The minimum Gasteiger partial charge on any atom is -0.493 e. The number of thiazole rings is 1. The maximum atomic E-state index is 12.5. The van der Waals surface area contributed by atoms with Gasteiger partial charge in [0, 0.05) is 17.7 Å². The summed E-state index contributed by atoms with van der Waals surface area (Å²) in [6, 6.07) is 21.0. The van der Waals surface area contributed by atoms with Crippen LogP contribution in [0.1, 0.15) is 20.9 Å². The van der Waals surface area contributed by atoms with E-state index in [0.29, 0.717) is 17.1 Å². The molecule has 1 amide bonds. The van der Waals surface area contributed by atoms with Gasteiger partial charge in [0.05, 0.1) is 29.4 Å². The number of hydrogen-bond donors (Lipinski definition) is 2. The molecule has 1 heterocycles. The molecule has 32 heavy (non-hydrogen) atoms. The Hall–Kier alpha value is -3.49. The van der Waals surface area contributed by atoms with Crippen molar-refractivity contribution in [2.45, 2.75) is 6.42 Å². The molecule has 0 aliphatic heterocycles. The summed E-state index contributed by atoms with van der Waals surface area (Å²) in [4.78, 5) is 17.2. The number of rotatable bonds is 6. The highest BCUT2D eigenvalue weighted by molar-refractivity contribution is 7.80. The van der Waals surface area contributed by atoms with Gasteiger partial charge in [-0.2, -0.15) is 0 Å². The number of ether oxygens (including phenoxy) is 2. The van der Waals surface area contributed by atoms with Gasteiger partial charge in [-0.25, -0.2) is 4.98 Å². The van der Waals surface area contributed by atoms with Crippen LogP contribution in [0.2, 0.25) is 0 Å². The molecule has 0 saturated carbocycles. The highest BCUT2D eigenvalue weighted by atomic mass is 32.1. The van der Waals surface area contributed by atoms with Crippen LogP contribution in [0.25, 0.3) is 10.2 Å². The molecule has 0 fully saturated rings. The second-order valence-electron chi connectivity index (χ2n) is 6.93. The van der Waals surface area contributed by atoms with Gasteiger partial charge in [0.2, 0.25) is 0 Å². The molecule has 0 aliphatic carbocycles. The number of thiocarbonyl (C=S) groups is 1. The first-order chi connectivity index (χ1) is 15.6. The number of anilines is 1. The fourth-order valence-electron chi connectivity index (χ4n) is 3.19. The molecule has 1 aromatic heterocycles. The number of nitrogens with one attached hydrogen (secondary N) is 2. The maximum Gasteiger partial charge on any atom is 0.257 e. The van der Waals surface area contributed by atoms with Crippen LogP contribution in [0.5, 0.6) is 11.5 Å². The van der Waals surface area contributed by atoms with E-state index in [9.17, 15) is 4.79 Å². The Morgan fingerprint density at radius 1 is 1.00 bits per heavy atom. The number of methoxy groups -OCH3 is 2. The minimum atomic E-state index is -0.337. The van der Waals surface area contributed by atoms with Gasteiger partial charge in [0.25, 0.3) is 5.91 Å². The van der Waals surface area contributed by atoms with Crippen LogP contribution in [0.15, 0.2) is 66.7 Å². The molecule has 8 heteroatoms. The zero-order valence-electron chi connectivity index (χ0n) is 17.5. The lowest BCUT2D eigenvalue weighted by atomic mass is 10.1. The molecule has 0 aliphatic rings. The summed E-state index contributed by atoms with van der Waals surface area (Å²) in [5.74, 6) is 0.689. The Labute approximate surface area is 195 Å². The van der Waals surface area contributed by atoms with Gasteiger partial charge in [-0.05, 0) is 60.2 Å². The van der Waals surface area contributed by atoms with Gasteiger partial charge in [0.1, 0.15) is 0 Å². The number of carbonyl (C=O) groups excluding carboxylic acids is 1. The number of benzene rings is 3. The topological polar surface area (TPSA) is 72.5 Å². The van der Waals surface area contributed by atoms with E-state index < -0.39 is 0 Å². The molecule has 6 nitrogen and oxygen atoms in total. The molecule has 4 rings (SSSR count). The Bertz CT molecular complexity index is 1240. The molecule has 0 unspecified atom stereocenters. The van der Waals surface area contributed by atoms with Crippen molar-refractivity contribution in [3.8, 4) is 11.5 Å². The third kappa shape index (κ3) is 5.04. The highest BCUT2D eigenvalue weighted by Crippen LogP contribution is 2.27. The van der Waals surface area contributed by atoms with Crippen molar-refractivity contribution in [2.24, 2.45) is 0 Å². The summed E-state index contributed by atoms with van der Waals surface area (Å²) in [5.41, 5.74) is 3.38. The summed E-state index contributed by atoms with van der Waals surface area (Å²) in [6.07, 6.45) is 0.764. The number of nitrogens with zero attached hydrogens (tertiary/aromatic N) is 1. The normalized spacial score (nSPS) is 10.6. The van der Waals surface area contributed by atoms with Crippen LogP contribution in [-0.2, 0) is 6.42 Å². The van der Waals surface area contributed by atoms with Crippen molar-refractivity contribution in [3.05, 3.63) is 82.9 Å². The summed E-state index contributed by atoms with van der Waals surface area (Å²) in [7, 11) is 3.06. The SMILES string of the molecule is COc1ccc(C(=O)NC(=S)Nc2ccc(Cc3nc4ccccc4s3)cc2)cc1OC. The van der Waals surface area contributed by atoms with Gasteiger partial charge in [0.15, 0.2) is 16.6 Å². The Balaban J connectivity index is 1.35. The van der Waals surface area contributed by atoms with E-state index in [1.54, 1.807) is 36.6 Å². The molecule has 2 N–H and O–H groups in total. The summed E-state index contributed by atoms with van der Waals surface area (Å²) in [6.45, 7) is 0. The minimum absolute atomic E-state index is 0.212. The van der Waals surface area contributed by atoms with Crippen LogP contribution in [-0.4, -0.2) is 30.2 Å². The number of aromatic nitrogens is 1. The highest BCUT2D eigenvalue weighted by Gasteiger charge is 2.12. The number of fused-ring (bicyclic) bond motifs is 1. The monoisotopic (exact) mass is 463 g/mol. The number of carbonyl (C=O) groups is 1. The molecule has 0 spiro atoms. The molecule has 0 radical (unpaired) electrons. The fraction of sp³-hybridized carbons (Fsp3) is 0.125. The van der Waals surface area contributed by atoms with E-state index in [1.165, 1.54) is 11.8 Å². The van der Waals surface area contributed by atoms with Gasteiger partial charge in [-0.1, -0.05) is 24.3 Å². The van der Waals surface area contributed by atoms with Crippen LogP contribution in [0, 0.1) is 0 Å². The van der Waals surface area contributed by atoms with Crippen molar-refractivity contribution in [1.29, 1.82) is 0 Å². The van der Waals surface area contributed by atoms with Crippen molar-refractivity contribution in [2.75, 3.05) is 19.5 Å². The third-order valence-corrected chi connectivity index (χ3v) is 6.02. The van der Waals surface area contributed by atoms with Gasteiger partial charge in [-0.15, -0.1) is 11.3 Å². The fourth-order valence-corrected chi connectivity index (χ4v) is 4.40. The molecule has 0 saturated heterocycles. The predicted molar refractivity (Wildman–Crippen MR) is 132 cm³/mol. The lowest BCUT2D eigenvalue weighted by Crippen LogP contribution is -2.34. The van der Waals surface area contributed by atoms with Crippen LogP contribution in [0.3, 0.4) is 0 Å². The molecule has 162 valence electrons. The molecule has 4 aromatic rings. The predicted octanol–water partition coefficient (Wildman–Crippen LogP) is 5.03. The quantitative estimate of drug-likeness (QED) is 0.391. The van der Waals surface area contributed by atoms with Crippen molar-refractivity contribution in [3.63, 3.8) is 0 Å². The summed E-state index contributed by atoms with van der Waals surface area (Å²) in [5, 5.41) is 7.00.